The molecule has 1 saturated heterocycles. The number of hydrogen-bond acceptors (Lipinski definition) is 5. The minimum Gasteiger partial charge on any atom is -0.481 e. The van der Waals surface area contributed by atoms with Crippen molar-refractivity contribution in [3.63, 3.8) is 0 Å². The summed E-state index contributed by atoms with van der Waals surface area (Å²) in [4.78, 5) is 42.4. The van der Waals surface area contributed by atoms with Gasteiger partial charge in [0.25, 0.3) is 0 Å². The van der Waals surface area contributed by atoms with Crippen molar-refractivity contribution in [2.24, 2.45) is 5.41 Å². The number of esters is 1. The second-order valence-corrected chi connectivity index (χ2v) is 11.7. The molecule has 7 nitrogen and oxygen atoms in total. The predicted molar refractivity (Wildman–Crippen MR) is 150 cm³/mol. The van der Waals surface area contributed by atoms with Crippen molar-refractivity contribution in [2.75, 3.05) is 0 Å². The Kier molecular flexibility index (Phi) is 9.74. The van der Waals surface area contributed by atoms with Gasteiger partial charge >= 0.3 is 24.3 Å². The predicted octanol–water partition coefficient (Wildman–Crippen LogP) is 8.09. The van der Waals surface area contributed by atoms with Crippen LogP contribution in [0.5, 0.6) is 5.75 Å². The van der Waals surface area contributed by atoms with Gasteiger partial charge in [-0.3, -0.25) is 14.6 Å². The topological polar surface area (TPSA) is 96.8 Å². The number of nitrogens with zero attached hydrogens (tertiary/aromatic N) is 2. The maximum absolute atomic E-state index is 14.3. The van der Waals surface area contributed by atoms with Gasteiger partial charge in [-0.2, -0.15) is 26.3 Å². The fraction of sp³-hybridized carbons (Fsp3) is 0.333. The Morgan fingerprint density at radius 3 is 2.22 bits per heavy atom. The summed E-state index contributed by atoms with van der Waals surface area (Å²) in [6.07, 6.45) is -12.0. The Hall–Kier alpha value is -3.84. The van der Waals surface area contributed by atoms with Crippen LogP contribution in [-0.4, -0.2) is 45.2 Å². The van der Waals surface area contributed by atoms with Crippen LogP contribution in [0.2, 0.25) is 10.0 Å². The highest BCUT2D eigenvalue weighted by atomic mass is 35.5. The van der Waals surface area contributed by atoms with E-state index >= 15 is 0 Å². The van der Waals surface area contributed by atoms with Crippen LogP contribution in [-0.2, 0) is 14.4 Å². The molecule has 1 aliphatic heterocycles. The van der Waals surface area contributed by atoms with Crippen molar-refractivity contribution < 1.29 is 50.6 Å². The zero-order valence-corrected chi connectivity index (χ0v) is 24.7. The number of pyridine rings is 1. The van der Waals surface area contributed by atoms with E-state index in [-0.39, 0.29) is 6.42 Å². The van der Waals surface area contributed by atoms with Crippen LogP contribution in [0.3, 0.4) is 0 Å². The number of aliphatic carboxylic acids is 1. The van der Waals surface area contributed by atoms with Gasteiger partial charge in [0, 0.05) is 16.0 Å². The summed E-state index contributed by atoms with van der Waals surface area (Å²) in [7, 11) is 0. The van der Waals surface area contributed by atoms with Gasteiger partial charge in [0.2, 0.25) is 5.91 Å². The third-order valence-corrected chi connectivity index (χ3v) is 7.92. The number of benzene rings is 2. The highest BCUT2D eigenvalue weighted by molar-refractivity contribution is 6.30. The molecule has 1 aliphatic rings. The molecule has 4 rings (SSSR count). The summed E-state index contributed by atoms with van der Waals surface area (Å²) >= 11 is 12.4. The standard InChI is InChI=1S/C30H24Cl2F6N2O5/c1-28(14-24(41)42)12-21(17-3-2-4-19(32)11-17)25(16-5-7-18(31)8-6-16)40(26(28)43)23(13-29(33,34)35)22-10-9-20(15-39-22)45-27(44)30(36,37)38/h2-11,15,21,23,25H,12-14H2,1H3,(H,41,42)/t21-,23?,25-,28?/m1/s1. The van der Waals surface area contributed by atoms with Crippen molar-refractivity contribution in [2.45, 2.75) is 56.5 Å². The van der Waals surface area contributed by atoms with Crippen molar-refractivity contribution >= 4 is 41.0 Å². The SMILES string of the molecule is CC1(CC(=O)O)C[C@H](c2cccc(Cl)c2)[C@@H](c2ccc(Cl)cc2)N(C(CC(F)(F)F)c2ccc(OC(=O)C(F)(F)F)cn2)C1=O. The number of alkyl halides is 6. The first-order valence-electron chi connectivity index (χ1n) is 13.3. The molecule has 240 valence electrons. The van der Waals surface area contributed by atoms with Gasteiger partial charge in [-0.05, 0) is 53.9 Å². The maximum atomic E-state index is 14.3. The summed E-state index contributed by atoms with van der Waals surface area (Å²) in [5.41, 5.74) is -1.20. The summed E-state index contributed by atoms with van der Waals surface area (Å²) in [6, 6.07) is 11.2. The molecule has 2 unspecified atom stereocenters. The van der Waals surface area contributed by atoms with Gasteiger partial charge in [-0.1, -0.05) is 54.4 Å². The number of aromatic nitrogens is 1. The molecule has 1 amide bonds. The molecule has 2 heterocycles. The first-order chi connectivity index (χ1) is 20.9. The molecule has 0 spiro atoms. The van der Waals surface area contributed by atoms with Crippen molar-refractivity contribution in [1.29, 1.82) is 0 Å². The largest absolute Gasteiger partial charge is 0.491 e. The molecule has 1 aromatic heterocycles. The first kappa shape index (κ1) is 34.0. The molecular weight excluding hydrogens is 653 g/mol. The van der Waals surface area contributed by atoms with Crippen LogP contribution >= 0.6 is 23.2 Å². The molecule has 0 radical (unpaired) electrons. The Morgan fingerprint density at radius 1 is 1.02 bits per heavy atom. The number of carbonyl (C=O) groups excluding carboxylic acids is 2. The number of likely N-dealkylation sites (tertiary alicyclic amines) is 1. The van der Waals surface area contributed by atoms with E-state index in [9.17, 15) is 45.8 Å². The van der Waals surface area contributed by atoms with E-state index in [4.69, 9.17) is 23.2 Å². The Morgan fingerprint density at radius 2 is 1.69 bits per heavy atom. The third-order valence-electron chi connectivity index (χ3n) is 7.44. The van der Waals surface area contributed by atoms with Gasteiger partial charge in [0.15, 0.2) is 0 Å². The number of halogens is 8. The lowest BCUT2D eigenvalue weighted by Crippen LogP contribution is -2.54. The highest BCUT2D eigenvalue weighted by Gasteiger charge is 2.54. The number of rotatable bonds is 8. The Bertz CT molecular complexity index is 1570. The van der Waals surface area contributed by atoms with Gasteiger partial charge < -0.3 is 14.7 Å². The molecule has 45 heavy (non-hydrogen) atoms. The molecule has 0 saturated carbocycles. The number of carboxylic acid groups (broad SMARTS) is 1. The molecule has 4 atom stereocenters. The minimum atomic E-state index is -5.34. The normalized spacial score (nSPS) is 21.4. The molecule has 0 bridgehead atoms. The smallest absolute Gasteiger partial charge is 0.481 e. The molecular formula is C30H24Cl2F6N2O5. The monoisotopic (exact) mass is 676 g/mol. The fourth-order valence-electron chi connectivity index (χ4n) is 5.60. The van der Waals surface area contributed by atoms with Crippen molar-refractivity contribution in [3.8, 4) is 5.75 Å². The quantitative estimate of drug-likeness (QED) is 0.191. The molecule has 15 heteroatoms. The summed E-state index contributed by atoms with van der Waals surface area (Å²) in [5.74, 6) is -6.31. The van der Waals surface area contributed by atoms with E-state index in [2.05, 4.69) is 9.72 Å². The Balaban J connectivity index is 1.93. The van der Waals surface area contributed by atoms with E-state index in [0.29, 0.717) is 27.4 Å². The van der Waals surface area contributed by atoms with Crippen LogP contribution in [0.1, 0.15) is 61.0 Å². The maximum Gasteiger partial charge on any atom is 0.491 e. The van der Waals surface area contributed by atoms with Gasteiger partial charge in [-0.25, -0.2) is 4.79 Å². The van der Waals surface area contributed by atoms with E-state index in [1.807, 2.05) is 0 Å². The molecule has 1 fully saturated rings. The number of carbonyl (C=O) groups is 3. The second kappa shape index (κ2) is 12.9. The molecule has 2 aromatic carbocycles. The second-order valence-electron chi connectivity index (χ2n) is 10.8. The van der Waals surface area contributed by atoms with E-state index in [1.165, 1.54) is 31.2 Å². The number of hydrogen-bond donors (Lipinski definition) is 1. The van der Waals surface area contributed by atoms with E-state index in [0.717, 1.165) is 17.0 Å². The van der Waals surface area contributed by atoms with Crippen LogP contribution in [0.15, 0.2) is 66.9 Å². The zero-order valence-electron chi connectivity index (χ0n) is 23.2. The van der Waals surface area contributed by atoms with E-state index < -0.39 is 77.9 Å². The minimum absolute atomic E-state index is 0.0826. The number of carboxylic acids is 1. The van der Waals surface area contributed by atoms with E-state index in [1.54, 1.807) is 24.3 Å². The Labute approximate surface area is 262 Å². The summed E-state index contributed by atoms with van der Waals surface area (Å²) in [6.45, 7) is 1.35. The molecule has 1 N–H and O–H groups in total. The van der Waals surface area contributed by atoms with Crippen LogP contribution in [0.25, 0.3) is 0 Å². The van der Waals surface area contributed by atoms with Gasteiger partial charge in [0.1, 0.15) is 5.75 Å². The van der Waals surface area contributed by atoms with Crippen molar-refractivity contribution in [3.05, 3.63) is 93.7 Å². The fourth-order valence-corrected chi connectivity index (χ4v) is 5.93. The average Bonchev–Trinajstić information content (AvgIpc) is 2.93. The van der Waals surface area contributed by atoms with Crippen LogP contribution < -0.4 is 4.74 Å². The lowest BCUT2D eigenvalue weighted by atomic mass is 9.67. The van der Waals surface area contributed by atoms with Crippen LogP contribution in [0, 0.1) is 5.41 Å². The lowest BCUT2D eigenvalue weighted by Gasteiger charge is -2.51. The zero-order chi connectivity index (χ0) is 33.3. The average molecular weight is 677 g/mol. The molecule has 0 aliphatic carbocycles. The van der Waals surface area contributed by atoms with Gasteiger partial charge in [-0.15, -0.1) is 0 Å². The lowest BCUT2D eigenvalue weighted by molar-refractivity contribution is -0.189. The number of amides is 1. The van der Waals surface area contributed by atoms with Crippen molar-refractivity contribution in [1.82, 2.24) is 9.88 Å². The number of piperidine rings is 1. The van der Waals surface area contributed by atoms with Crippen LogP contribution in [0.4, 0.5) is 26.3 Å². The first-order valence-corrected chi connectivity index (χ1v) is 14.0. The third kappa shape index (κ3) is 8.06. The van der Waals surface area contributed by atoms with Gasteiger partial charge in [0.05, 0.1) is 42.2 Å². The summed E-state index contributed by atoms with van der Waals surface area (Å²) < 4.78 is 85.0. The number of ether oxygens (including phenoxy) is 1. The molecule has 3 aromatic rings. The summed E-state index contributed by atoms with van der Waals surface area (Å²) in [5, 5.41) is 10.3. The highest BCUT2D eigenvalue weighted by Crippen LogP contribution is 2.55.